The lowest BCUT2D eigenvalue weighted by atomic mass is 9.86. The molecule has 2 atom stereocenters. The molecule has 3 aromatic rings. The van der Waals surface area contributed by atoms with E-state index >= 15 is 0 Å². The van der Waals surface area contributed by atoms with Crippen molar-refractivity contribution in [1.29, 1.82) is 0 Å². The fourth-order valence-corrected chi connectivity index (χ4v) is 4.08. The Bertz CT molecular complexity index is 823. The standard InChI is InChI=1S/C22H24N2OS/c1-26-18-7-5-17(6-8-18)19(14-16-11-13-25-15-16)20-9-10-22(24-20)21-4-2-3-12-23-21/h2-10,12,16,19,24H,11,13-15H2,1H3. The summed E-state index contributed by atoms with van der Waals surface area (Å²) in [5.41, 5.74) is 4.69. The zero-order chi connectivity index (χ0) is 17.8. The number of ether oxygens (including phenoxy) is 1. The fraction of sp³-hybridized carbons (Fsp3) is 0.318. The van der Waals surface area contributed by atoms with Crippen LogP contribution in [0, 0.1) is 5.92 Å². The number of hydrogen-bond acceptors (Lipinski definition) is 3. The van der Waals surface area contributed by atoms with Crippen molar-refractivity contribution < 1.29 is 4.74 Å². The Morgan fingerprint density at radius 2 is 2.04 bits per heavy atom. The van der Waals surface area contributed by atoms with Crippen molar-refractivity contribution in [3.05, 3.63) is 72.1 Å². The van der Waals surface area contributed by atoms with Gasteiger partial charge in [-0.15, -0.1) is 11.8 Å². The summed E-state index contributed by atoms with van der Waals surface area (Å²) in [4.78, 5) is 9.39. The first-order chi connectivity index (χ1) is 12.8. The summed E-state index contributed by atoms with van der Waals surface area (Å²) in [6, 6.07) is 19.4. The number of H-pyrrole nitrogens is 1. The van der Waals surface area contributed by atoms with E-state index in [9.17, 15) is 0 Å². The van der Waals surface area contributed by atoms with E-state index in [2.05, 4.69) is 52.6 Å². The molecular weight excluding hydrogens is 340 g/mol. The number of thioether (sulfide) groups is 1. The molecule has 2 unspecified atom stereocenters. The van der Waals surface area contributed by atoms with Gasteiger partial charge in [0.15, 0.2) is 0 Å². The van der Waals surface area contributed by atoms with Gasteiger partial charge in [0, 0.05) is 35.9 Å². The van der Waals surface area contributed by atoms with Gasteiger partial charge >= 0.3 is 0 Å². The minimum atomic E-state index is 0.357. The second-order valence-corrected chi connectivity index (χ2v) is 7.71. The summed E-state index contributed by atoms with van der Waals surface area (Å²) in [5, 5.41) is 0. The zero-order valence-corrected chi connectivity index (χ0v) is 15.8. The van der Waals surface area contributed by atoms with E-state index in [1.54, 1.807) is 11.8 Å². The number of aromatic nitrogens is 2. The third-order valence-corrected chi connectivity index (χ3v) is 5.88. The highest BCUT2D eigenvalue weighted by Gasteiger charge is 2.24. The Kier molecular flexibility index (Phi) is 5.42. The summed E-state index contributed by atoms with van der Waals surface area (Å²) in [6.45, 7) is 1.78. The first-order valence-corrected chi connectivity index (χ1v) is 10.4. The van der Waals surface area contributed by atoms with E-state index < -0.39 is 0 Å². The first kappa shape index (κ1) is 17.4. The molecule has 26 heavy (non-hydrogen) atoms. The van der Waals surface area contributed by atoms with Gasteiger partial charge in [-0.25, -0.2) is 0 Å². The number of aromatic amines is 1. The number of nitrogens with zero attached hydrogens (tertiary/aromatic N) is 1. The summed E-state index contributed by atoms with van der Waals surface area (Å²) in [6.07, 6.45) is 6.23. The molecule has 0 radical (unpaired) electrons. The van der Waals surface area contributed by atoms with Crippen LogP contribution in [0.15, 0.2) is 65.7 Å². The van der Waals surface area contributed by atoms with Crippen LogP contribution in [0.2, 0.25) is 0 Å². The Labute approximate surface area is 159 Å². The van der Waals surface area contributed by atoms with Gasteiger partial charge in [-0.2, -0.15) is 0 Å². The molecule has 1 aromatic carbocycles. The first-order valence-electron chi connectivity index (χ1n) is 9.15. The number of pyridine rings is 1. The molecule has 2 aromatic heterocycles. The molecular formula is C22H24N2OS. The van der Waals surface area contributed by atoms with Crippen LogP contribution in [0.1, 0.15) is 30.0 Å². The van der Waals surface area contributed by atoms with E-state index in [4.69, 9.17) is 4.74 Å². The van der Waals surface area contributed by atoms with Crippen LogP contribution in [0.4, 0.5) is 0 Å². The number of hydrogen-bond donors (Lipinski definition) is 1. The van der Waals surface area contributed by atoms with Gasteiger partial charge in [0.25, 0.3) is 0 Å². The summed E-state index contributed by atoms with van der Waals surface area (Å²) < 4.78 is 5.62. The Morgan fingerprint density at radius 3 is 2.73 bits per heavy atom. The monoisotopic (exact) mass is 364 g/mol. The summed E-state index contributed by atoms with van der Waals surface area (Å²) >= 11 is 1.78. The minimum Gasteiger partial charge on any atom is -0.381 e. The Hall–Kier alpha value is -2.04. The topological polar surface area (TPSA) is 37.9 Å². The smallest absolute Gasteiger partial charge is 0.0864 e. The van der Waals surface area contributed by atoms with Gasteiger partial charge in [0.05, 0.1) is 11.4 Å². The normalized spacial score (nSPS) is 18.1. The second kappa shape index (κ2) is 8.11. The van der Waals surface area contributed by atoms with Crippen molar-refractivity contribution in [2.24, 2.45) is 5.92 Å². The fourth-order valence-electron chi connectivity index (χ4n) is 3.67. The van der Waals surface area contributed by atoms with Crippen molar-refractivity contribution in [1.82, 2.24) is 9.97 Å². The maximum absolute atomic E-state index is 5.62. The van der Waals surface area contributed by atoms with E-state index in [-0.39, 0.29) is 0 Å². The lowest BCUT2D eigenvalue weighted by molar-refractivity contribution is 0.183. The minimum absolute atomic E-state index is 0.357. The Balaban J connectivity index is 1.64. The van der Waals surface area contributed by atoms with Crippen LogP contribution in [-0.2, 0) is 4.74 Å². The predicted octanol–water partition coefficient (Wildman–Crippen LogP) is 5.36. The predicted molar refractivity (Wildman–Crippen MR) is 108 cm³/mol. The Morgan fingerprint density at radius 1 is 1.15 bits per heavy atom. The molecule has 1 fully saturated rings. The third-order valence-electron chi connectivity index (χ3n) is 5.14. The van der Waals surface area contributed by atoms with Crippen LogP contribution in [0.5, 0.6) is 0 Å². The van der Waals surface area contributed by atoms with E-state index in [1.165, 1.54) is 16.2 Å². The summed E-state index contributed by atoms with van der Waals surface area (Å²) in [7, 11) is 0. The molecule has 0 aliphatic carbocycles. The number of benzene rings is 1. The highest BCUT2D eigenvalue weighted by Crippen LogP contribution is 2.35. The van der Waals surface area contributed by atoms with E-state index in [0.29, 0.717) is 11.8 Å². The molecule has 0 bridgehead atoms. The molecule has 134 valence electrons. The molecule has 0 spiro atoms. The van der Waals surface area contributed by atoms with Crippen LogP contribution in [0.3, 0.4) is 0 Å². The van der Waals surface area contributed by atoms with Gasteiger partial charge in [0.2, 0.25) is 0 Å². The van der Waals surface area contributed by atoms with Crippen molar-refractivity contribution in [3.63, 3.8) is 0 Å². The molecule has 3 nitrogen and oxygen atoms in total. The highest BCUT2D eigenvalue weighted by molar-refractivity contribution is 7.98. The van der Waals surface area contributed by atoms with Gasteiger partial charge in [0.1, 0.15) is 0 Å². The lowest BCUT2D eigenvalue weighted by Crippen LogP contribution is -2.10. The molecule has 1 aliphatic rings. The van der Waals surface area contributed by atoms with Crippen molar-refractivity contribution in [3.8, 4) is 11.4 Å². The van der Waals surface area contributed by atoms with Crippen LogP contribution in [0.25, 0.3) is 11.4 Å². The maximum atomic E-state index is 5.62. The van der Waals surface area contributed by atoms with Crippen LogP contribution >= 0.6 is 11.8 Å². The molecule has 3 heterocycles. The zero-order valence-electron chi connectivity index (χ0n) is 15.0. The molecule has 1 aliphatic heterocycles. The molecule has 0 saturated carbocycles. The largest absolute Gasteiger partial charge is 0.381 e. The quantitative estimate of drug-likeness (QED) is 0.599. The molecule has 1 saturated heterocycles. The lowest BCUT2D eigenvalue weighted by Gasteiger charge is -2.20. The molecule has 4 heteroatoms. The average molecular weight is 365 g/mol. The van der Waals surface area contributed by atoms with E-state index in [0.717, 1.165) is 37.4 Å². The molecule has 4 rings (SSSR count). The van der Waals surface area contributed by atoms with Crippen LogP contribution in [-0.4, -0.2) is 29.4 Å². The van der Waals surface area contributed by atoms with Gasteiger partial charge in [-0.05, 0) is 67.0 Å². The van der Waals surface area contributed by atoms with E-state index in [1.807, 2.05) is 24.4 Å². The number of rotatable bonds is 6. The SMILES string of the molecule is CSc1ccc(C(CC2CCOC2)c2ccc(-c3ccccn3)[nH]2)cc1. The summed E-state index contributed by atoms with van der Waals surface area (Å²) in [5.74, 6) is 0.983. The number of nitrogens with one attached hydrogen (secondary N) is 1. The van der Waals surface area contributed by atoms with Crippen molar-refractivity contribution in [2.75, 3.05) is 19.5 Å². The van der Waals surface area contributed by atoms with Gasteiger partial charge < -0.3 is 9.72 Å². The highest BCUT2D eigenvalue weighted by atomic mass is 32.2. The second-order valence-electron chi connectivity index (χ2n) is 6.83. The molecule has 1 N–H and O–H groups in total. The molecule has 0 amide bonds. The average Bonchev–Trinajstić information content (AvgIpc) is 3.39. The van der Waals surface area contributed by atoms with Crippen LogP contribution < -0.4 is 0 Å². The van der Waals surface area contributed by atoms with Gasteiger partial charge in [-0.3, -0.25) is 4.98 Å². The van der Waals surface area contributed by atoms with Crippen molar-refractivity contribution >= 4 is 11.8 Å². The van der Waals surface area contributed by atoms with Crippen molar-refractivity contribution in [2.45, 2.75) is 23.7 Å². The maximum Gasteiger partial charge on any atom is 0.0864 e. The van der Waals surface area contributed by atoms with Gasteiger partial charge in [-0.1, -0.05) is 18.2 Å². The third kappa shape index (κ3) is 3.87.